The quantitative estimate of drug-likeness (QED) is 0.0222. The number of phosphoric acid groups is 2. The number of unbranched alkanes of at least 4 members (excludes halogenated alkanes) is 48. The van der Waals surface area contributed by atoms with Gasteiger partial charge in [0.05, 0.1) is 26.4 Å². The van der Waals surface area contributed by atoms with Crippen LogP contribution in [0.1, 0.15) is 414 Å². The Kier molecular flexibility index (Phi) is 69.3. The SMILES string of the molecule is CCCCCCCCCCCCCCCCCCCCC(=O)OC[C@H](COP(=O)(O)OC[C@@H](O)COP(=O)(O)OC[C@@H](COC(=O)CCCCCCCCC)OC(=O)CCCCCCCCCCCCCCC(C)C)OC(=O)CCCCCCCCCCCCCCCCCC(C)C. The molecule has 0 aromatic heterocycles. The minimum absolute atomic E-state index is 0.107. The first-order valence-corrected chi connectivity index (χ1v) is 44.0. The molecule has 0 fully saturated rings. The number of esters is 4. The fourth-order valence-corrected chi connectivity index (χ4v) is 13.8. The minimum atomic E-state index is -4.96. The fraction of sp³-hybridized carbons (Fsp3) is 0.949. The van der Waals surface area contributed by atoms with Crippen LogP contribution in [0.5, 0.6) is 0 Å². The van der Waals surface area contributed by atoms with Gasteiger partial charge in [-0.1, -0.05) is 363 Å². The lowest BCUT2D eigenvalue weighted by Gasteiger charge is -2.21. The lowest BCUT2D eigenvalue weighted by atomic mass is 10.0. The highest BCUT2D eigenvalue weighted by molar-refractivity contribution is 7.47. The van der Waals surface area contributed by atoms with Crippen molar-refractivity contribution >= 4 is 39.5 Å². The zero-order valence-electron chi connectivity index (χ0n) is 64.1. The van der Waals surface area contributed by atoms with Gasteiger partial charge in [-0.15, -0.1) is 0 Å². The molecule has 19 heteroatoms. The van der Waals surface area contributed by atoms with Gasteiger partial charge in [-0.2, -0.15) is 0 Å². The monoisotopic (exact) mass is 1440 g/mol. The Hall–Kier alpha value is -1.94. The molecule has 0 spiro atoms. The Bertz CT molecular complexity index is 1890. The average Bonchev–Trinajstić information content (AvgIpc) is 1.33. The largest absolute Gasteiger partial charge is 0.472 e. The van der Waals surface area contributed by atoms with Gasteiger partial charge in [-0.05, 0) is 37.5 Å². The lowest BCUT2D eigenvalue weighted by molar-refractivity contribution is -0.161. The van der Waals surface area contributed by atoms with E-state index in [1.54, 1.807) is 0 Å². The Morgan fingerprint density at radius 1 is 0.276 bits per heavy atom. The van der Waals surface area contributed by atoms with Crippen LogP contribution in [0.15, 0.2) is 0 Å². The summed E-state index contributed by atoms with van der Waals surface area (Å²) in [4.78, 5) is 72.8. The van der Waals surface area contributed by atoms with E-state index in [0.29, 0.717) is 25.7 Å². The summed E-state index contributed by atoms with van der Waals surface area (Å²) < 4.78 is 68.5. The first-order chi connectivity index (χ1) is 47.4. The van der Waals surface area contributed by atoms with Crippen molar-refractivity contribution in [2.24, 2.45) is 11.8 Å². The molecule has 0 aromatic carbocycles. The van der Waals surface area contributed by atoms with Crippen molar-refractivity contribution in [2.45, 2.75) is 432 Å². The molecule has 0 radical (unpaired) electrons. The summed E-state index contributed by atoms with van der Waals surface area (Å²) in [6.45, 7) is 9.62. The second kappa shape index (κ2) is 70.7. The molecule has 0 saturated heterocycles. The summed E-state index contributed by atoms with van der Waals surface area (Å²) in [5, 5.41) is 10.6. The van der Waals surface area contributed by atoms with E-state index in [1.807, 2.05) is 0 Å². The highest BCUT2D eigenvalue weighted by Crippen LogP contribution is 2.45. The minimum Gasteiger partial charge on any atom is -0.462 e. The number of rotatable bonds is 78. The zero-order chi connectivity index (χ0) is 72.1. The normalized spacial score (nSPS) is 13.9. The van der Waals surface area contributed by atoms with Gasteiger partial charge in [0.15, 0.2) is 12.2 Å². The third-order valence-electron chi connectivity index (χ3n) is 18.5. The Balaban J connectivity index is 5.19. The molecular formula is C79H154O17P2. The second-order valence-corrected chi connectivity index (χ2v) is 32.3. The van der Waals surface area contributed by atoms with Crippen LogP contribution in [0.2, 0.25) is 0 Å². The first kappa shape index (κ1) is 96.1. The lowest BCUT2D eigenvalue weighted by Crippen LogP contribution is -2.30. The summed E-state index contributed by atoms with van der Waals surface area (Å²) in [5.74, 6) is -0.536. The predicted octanol–water partition coefficient (Wildman–Crippen LogP) is 23.5. The maximum atomic E-state index is 13.1. The summed E-state index contributed by atoms with van der Waals surface area (Å²) in [5.41, 5.74) is 0. The highest BCUT2D eigenvalue weighted by Gasteiger charge is 2.30. The number of hydrogen-bond acceptors (Lipinski definition) is 15. The molecule has 0 aromatic rings. The predicted molar refractivity (Wildman–Crippen MR) is 400 cm³/mol. The summed E-state index contributed by atoms with van der Waals surface area (Å²) in [6, 6.07) is 0. The first-order valence-electron chi connectivity index (χ1n) is 41.0. The number of aliphatic hydroxyl groups is 1. The summed E-state index contributed by atoms with van der Waals surface area (Å²) in [6.07, 6.45) is 59.8. The number of carbonyl (C=O) groups is 4. The second-order valence-electron chi connectivity index (χ2n) is 29.4. The van der Waals surface area contributed by atoms with E-state index in [0.717, 1.165) is 115 Å². The zero-order valence-corrected chi connectivity index (χ0v) is 65.9. The smallest absolute Gasteiger partial charge is 0.462 e. The Morgan fingerprint density at radius 2 is 0.469 bits per heavy atom. The highest BCUT2D eigenvalue weighted by atomic mass is 31.2. The van der Waals surface area contributed by atoms with E-state index in [-0.39, 0.29) is 25.7 Å². The number of ether oxygens (including phenoxy) is 4. The van der Waals surface area contributed by atoms with Gasteiger partial charge >= 0.3 is 39.5 Å². The fourth-order valence-electron chi connectivity index (χ4n) is 12.2. The molecule has 0 aliphatic rings. The molecule has 0 heterocycles. The molecule has 582 valence electrons. The van der Waals surface area contributed by atoms with E-state index < -0.39 is 97.5 Å². The number of hydrogen-bond donors (Lipinski definition) is 3. The average molecular weight is 1440 g/mol. The summed E-state index contributed by atoms with van der Waals surface area (Å²) in [7, 11) is -9.91. The van der Waals surface area contributed by atoms with Gasteiger partial charge in [-0.3, -0.25) is 37.3 Å². The molecule has 5 atom stereocenters. The van der Waals surface area contributed by atoms with Gasteiger partial charge in [0.1, 0.15) is 19.3 Å². The molecule has 3 N–H and O–H groups in total. The van der Waals surface area contributed by atoms with Gasteiger partial charge in [0.25, 0.3) is 0 Å². The number of aliphatic hydroxyl groups excluding tert-OH is 1. The van der Waals surface area contributed by atoms with Gasteiger partial charge in [-0.25, -0.2) is 9.13 Å². The molecule has 98 heavy (non-hydrogen) atoms. The summed E-state index contributed by atoms with van der Waals surface area (Å²) >= 11 is 0. The number of phosphoric ester groups is 2. The van der Waals surface area contributed by atoms with Crippen LogP contribution in [0.4, 0.5) is 0 Å². The van der Waals surface area contributed by atoms with Gasteiger partial charge in [0, 0.05) is 25.7 Å². The van der Waals surface area contributed by atoms with Crippen molar-refractivity contribution in [1.82, 2.24) is 0 Å². The molecule has 0 aliphatic carbocycles. The van der Waals surface area contributed by atoms with Crippen LogP contribution in [0, 0.1) is 11.8 Å². The van der Waals surface area contributed by atoms with Gasteiger partial charge < -0.3 is 33.8 Å². The molecule has 0 aliphatic heterocycles. The van der Waals surface area contributed by atoms with Crippen molar-refractivity contribution in [3.05, 3.63) is 0 Å². The van der Waals surface area contributed by atoms with Crippen molar-refractivity contribution < 1.29 is 80.2 Å². The topological polar surface area (TPSA) is 237 Å². The Labute approximate surface area is 600 Å². The van der Waals surface area contributed by atoms with Crippen LogP contribution in [-0.2, 0) is 65.4 Å². The third kappa shape index (κ3) is 72.4. The van der Waals surface area contributed by atoms with Crippen molar-refractivity contribution in [3.63, 3.8) is 0 Å². The van der Waals surface area contributed by atoms with Crippen LogP contribution in [-0.4, -0.2) is 96.7 Å². The van der Waals surface area contributed by atoms with E-state index in [9.17, 15) is 43.2 Å². The Morgan fingerprint density at radius 3 is 0.694 bits per heavy atom. The van der Waals surface area contributed by atoms with Crippen LogP contribution >= 0.6 is 15.6 Å². The number of carbonyl (C=O) groups excluding carboxylic acids is 4. The van der Waals surface area contributed by atoms with E-state index in [2.05, 4.69) is 41.5 Å². The van der Waals surface area contributed by atoms with Crippen molar-refractivity contribution in [1.29, 1.82) is 0 Å². The molecule has 17 nitrogen and oxygen atoms in total. The van der Waals surface area contributed by atoms with Crippen molar-refractivity contribution in [3.8, 4) is 0 Å². The molecule has 0 bridgehead atoms. The molecular weight excluding hydrogens is 1280 g/mol. The van der Waals surface area contributed by atoms with E-state index in [1.165, 1.54) is 218 Å². The molecule has 2 unspecified atom stereocenters. The maximum Gasteiger partial charge on any atom is 0.472 e. The molecule has 0 rings (SSSR count). The standard InChI is InChI=1S/C79H154O17P2/c1-7-9-11-13-15-16-17-18-19-20-21-24-27-33-38-44-50-56-62-77(82)90-68-75(96-79(84)63-57-51-45-39-34-28-25-22-23-26-31-36-42-47-53-59-71(3)4)70-94-98(87,88)92-66-73(80)65-91-97(85,86)93-69-74(67-89-76(81)61-55-49-41-14-12-10-8-2)95-78(83)64-58-52-46-40-35-30-29-32-37-43-48-54-60-72(5)6/h71-75,80H,7-70H2,1-6H3,(H,85,86)(H,87,88)/t73-,74+,75+/m0/s1. The molecule has 0 amide bonds. The van der Waals surface area contributed by atoms with E-state index in [4.69, 9.17) is 37.0 Å². The van der Waals surface area contributed by atoms with Crippen LogP contribution < -0.4 is 0 Å². The van der Waals surface area contributed by atoms with Crippen LogP contribution in [0.25, 0.3) is 0 Å². The maximum absolute atomic E-state index is 13.1. The van der Waals surface area contributed by atoms with E-state index >= 15 is 0 Å². The third-order valence-corrected chi connectivity index (χ3v) is 20.4. The molecule has 0 saturated carbocycles. The van der Waals surface area contributed by atoms with Crippen LogP contribution in [0.3, 0.4) is 0 Å². The van der Waals surface area contributed by atoms with Crippen molar-refractivity contribution in [2.75, 3.05) is 39.6 Å². The van der Waals surface area contributed by atoms with Gasteiger partial charge in [0.2, 0.25) is 0 Å².